The van der Waals surface area contributed by atoms with Crippen molar-refractivity contribution < 1.29 is 19.4 Å². The van der Waals surface area contributed by atoms with Gasteiger partial charge in [0.05, 0.1) is 13.0 Å². The molecule has 0 saturated heterocycles. The highest BCUT2D eigenvalue weighted by molar-refractivity contribution is 5.95. The summed E-state index contributed by atoms with van der Waals surface area (Å²) in [5, 5.41) is 11.8. The zero-order valence-corrected chi connectivity index (χ0v) is 12.6. The van der Waals surface area contributed by atoms with Crippen molar-refractivity contribution in [3.05, 3.63) is 23.8 Å². The summed E-state index contributed by atoms with van der Waals surface area (Å²) < 4.78 is 5.02. The summed E-state index contributed by atoms with van der Waals surface area (Å²) in [7, 11) is 1.38. The van der Waals surface area contributed by atoms with Crippen LogP contribution in [0, 0.1) is 11.8 Å². The van der Waals surface area contributed by atoms with E-state index in [2.05, 4.69) is 5.32 Å². The third-order valence-corrected chi connectivity index (χ3v) is 3.11. The predicted molar refractivity (Wildman–Crippen MR) is 80.6 cm³/mol. The third-order valence-electron chi connectivity index (χ3n) is 3.11. The van der Waals surface area contributed by atoms with Crippen LogP contribution in [-0.4, -0.2) is 30.6 Å². The summed E-state index contributed by atoms with van der Waals surface area (Å²) in [4.78, 5) is 23.2. The van der Waals surface area contributed by atoms with Gasteiger partial charge in [-0.05, 0) is 24.5 Å². The highest BCUT2D eigenvalue weighted by Gasteiger charge is 2.19. The number of rotatable bonds is 7. The molecular weight excluding hydrogens is 272 g/mol. The summed E-state index contributed by atoms with van der Waals surface area (Å²) in [6.07, 6.45) is 0.701. The van der Waals surface area contributed by atoms with E-state index in [-0.39, 0.29) is 29.7 Å². The second kappa shape index (κ2) is 7.64. The molecule has 0 saturated carbocycles. The molecule has 1 aromatic carbocycles. The Bertz CT molecular complexity index is 514. The zero-order chi connectivity index (χ0) is 16.0. The lowest BCUT2D eigenvalue weighted by atomic mass is 9.96. The van der Waals surface area contributed by atoms with E-state index in [0.717, 1.165) is 0 Å². The molecule has 0 aliphatic heterocycles. The Balaban J connectivity index is 2.87. The van der Waals surface area contributed by atoms with Gasteiger partial charge in [0.25, 0.3) is 0 Å². The first-order valence-electron chi connectivity index (χ1n) is 6.81. The van der Waals surface area contributed by atoms with Crippen LogP contribution in [0.4, 0.5) is 5.69 Å². The number of amides is 1. The van der Waals surface area contributed by atoms with Crippen LogP contribution in [0.1, 0.15) is 30.6 Å². The highest BCUT2D eigenvalue weighted by atomic mass is 16.5. The van der Waals surface area contributed by atoms with E-state index in [1.807, 2.05) is 13.8 Å². The Hall–Kier alpha value is -2.08. The van der Waals surface area contributed by atoms with E-state index < -0.39 is 5.97 Å². The number of carbonyl (C=O) groups is 2. The van der Waals surface area contributed by atoms with Crippen molar-refractivity contribution in [3.63, 3.8) is 0 Å². The fraction of sp³-hybridized carbons (Fsp3) is 0.467. The van der Waals surface area contributed by atoms with Gasteiger partial charge in [-0.3, -0.25) is 4.79 Å². The minimum absolute atomic E-state index is 0.0491. The number of anilines is 1. The molecule has 0 bridgehead atoms. The Labute approximate surface area is 124 Å². The van der Waals surface area contributed by atoms with Gasteiger partial charge in [0.15, 0.2) is 0 Å². The van der Waals surface area contributed by atoms with Crippen molar-refractivity contribution in [2.24, 2.45) is 17.6 Å². The lowest BCUT2D eigenvalue weighted by molar-refractivity contribution is -0.120. The third kappa shape index (κ3) is 4.75. The molecule has 116 valence electrons. The van der Waals surface area contributed by atoms with Crippen molar-refractivity contribution in [3.8, 4) is 5.75 Å². The lowest BCUT2D eigenvalue weighted by Crippen LogP contribution is -2.30. The normalized spacial score (nSPS) is 12.0. The second-order valence-corrected chi connectivity index (χ2v) is 5.27. The van der Waals surface area contributed by atoms with E-state index in [4.69, 9.17) is 15.6 Å². The van der Waals surface area contributed by atoms with E-state index in [0.29, 0.717) is 18.0 Å². The molecule has 4 N–H and O–H groups in total. The SMILES string of the molecule is COc1cc(NC(=O)C(CN)CC(C)C)ccc1C(=O)O. The predicted octanol–water partition coefficient (Wildman–Crippen LogP) is 1.95. The summed E-state index contributed by atoms with van der Waals surface area (Å²) in [5.74, 6) is -0.947. The first-order valence-corrected chi connectivity index (χ1v) is 6.81. The molecule has 1 atom stereocenters. The molecule has 0 spiro atoms. The first kappa shape index (κ1) is 17.0. The summed E-state index contributed by atoms with van der Waals surface area (Å²) in [6.45, 7) is 4.33. The number of methoxy groups -OCH3 is 1. The average Bonchev–Trinajstić information content (AvgIpc) is 2.43. The van der Waals surface area contributed by atoms with Gasteiger partial charge in [-0.25, -0.2) is 4.79 Å². The quantitative estimate of drug-likeness (QED) is 0.713. The average molecular weight is 294 g/mol. The van der Waals surface area contributed by atoms with Gasteiger partial charge in [-0.15, -0.1) is 0 Å². The van der Waals surface area contributed by atoms with Crippen LogP contribution in [0.25, 0.3) is 0 Å². The summed E-state index contributed by atoms with van der Waals surface area (Å²) in [5.41, 5.74) is 6.17. The van der Waals surface area contributed by atoms with Gasteiger partial charge in [-0.2, -0.15) is 0 Å². The molecule has 6 heteroatoms. The number of aromatic carboxylic acids is 1. The maximum Gasteiger partial charge on any atom is 0.339 e. The number of carbonyl (C=O) groups excluding carboxylic acids is 1. The number of hydrogen-bond donors (Lipinski definition) is 3. The fourth-order valence-electron chi connectivity index (χ4n) is 2.07. The molecule has 0 heterocycles. The van der Waals surface area contributed by atoms with Gasteiger partial charge in [-0.1, -0.05) is 13.8 Å². The van der Waals surface area contributed by atoms with Crippen molar-refractivity contribution in [2.45, 2.75) is 20.3 Å². The molecule has 1 unspecified atom stereocenters. The maximum absolute atomic E-state index is 12.1. The standard InChI is InChI=1S/C15H22N2O4/c1-9(2)6-10(8-16)14(18)17-11-4-5-12(15(19)20)13(7-11)21-3/h4-5,7,9-10H,6,8,16H2,1-3H3,(H,17,18)(H,19,20). The Morgan fingerprint density at radius 1 is 1.38 bits per heavy atom. The Kier molecular flexibility index (Phi) is 6.17. The minimum atomic E-state index is -1.08. The number of hydrogen-bond acceptors (Lipinski definition) is 4. The van der Waals surface area contributed by atoms with Crippen LogP contribution in [0.5, 0.6) is 5.75 Å². The van der Waals surface area contributed by atoms with E-state index in [1.54, 1.807) is 0 Å². The number of ether oxygens (including phenoxy) is 1. The number of carboxylic acid groups (broad SMARTS) is 1. The maximum atomic E-state index is 12.1. The Morgan fingerprint density at radius 3 is 2.52 bits per heavy atom. The van der Waals surface area contributed by atoms with Crippen molar-refractivity contribution >= 4 is 17.6 Å². The smallest absolute Gasteiger partial charge is 0.339 e. The van der Waals surface area contributed by atoms with Crippen LogP contribution in [0.15, 0.2) is 18.2 Å². The van der Waals surface area contributed by atoms with Crippen LogP contribution in [0.3, 0.4) is 0 Å². The van der Waals surface area contributed by atoms with Crippen LogP contribution in [-0.2, 0) is 4.79 Å². The molecule has 0 radical (unpaired) electrons. The van der Waals surface area contributed by atoms with Crippen LogP contribution >= 0.6 is 0 Å². The summed E-state index contributed by atoms with van der Waals surface area (Å²) >= 11 is 0. The van der Waals surface area contributed by atoms with Crippen LogP contribution < -0.4 is 15.8 Å². The molecule has 1 amide bonds. The van der Waals surface area contributed by atoms with Crippen molar-refractivity contribution in [1.29, 1.82) is 0 Å². The van der Waals surface area contributed by atoms with Gasteiger partial charge >= 0.3 is 5.97 Å². The van der Waals surface area contributed by atoms with E-state index in [9.17, 15) is 9.59 Å². The molecular formula is C15H22N2O4. The molecule has 21 heavy (non-hydrogen) atoms. The van der Waals surface area contributed by atoms with E-state index in [1.165, 1.54) is 25.3 Å². The van der Waals surface area contributed by atoms with Gasteiger partial charge in [0.1, 0.15) is 11.3 Å². The number of carboxylic acids is 1. The Morgan fingerprint density at radius 2 is 2.05 bits per heavy atom. The lowest BCUT2D eigenvalue weighted by Gasteiger charge is -2.17. The molecule has 0 aliphatic carbocycles. The largest absolute Gasteiger partial charge is 0.496 e. The molecule has 6 nitrogen and oxygen atoms in total. The zero-order valence-electron chi connectivity index (χ0n) is 12.6. The minimum Gasteiger partial charge on any atom is -0.496 e. The van der Waals surface area contributed by atoms with Gasteiger partial charge in [0.2, 0.25) is 5.91 Å². The second-order valence-electron chi connectivity index (χ2n) is 5.27. The molecule has 0 aromatic heterocycles. The van der Waals surface area contributed by atoms with Crippen molar-refractivity contribution in [1.82, 2.24) is 0 Å². The van der Waals surface area contributed by atoms with Crippen molar-refractivity contribution in [2.75, 3.05) is 19.0 Å². The highest BCUT2D eigenvalue weighted by Crippen LogP contribution is 2.24. The van der Waals surface area contributed by atoms with E-state index >= 15 is 0 Å². The molecule has 0 fully saturated rings. The topological polar surface area (TPSA) is 102 Å². The number of nitrogens with two attached hydrogens (primary N) is 1. The number of benzene rings is 1. The molecule has 0 aliphatic rings. The molecule has 1 rings (SSSR count). The fourth-order valence-corrected chi connectivity index (χ4v) is 2.07. The monoisotopic (exact) mass is 294 g/mol. The molecule has 1 aromatic rings. The van der Waals surface area contributed by atoms with Gasteiger partial charge < -0.3 is 20.9 Å². The first-order chi connectivity index (χ1) is 9.88. The number of nitrogens with one attached hydrogen (secondary N) is 1. The van der Waals surface area contributed by atoms with Gasteiger partial charge in [0, 0.05) is 18.3 Å². The van der Waals surface area contributed by atoms with Crippen LogP contribution in [0.2, 0.25) is 0 Å². The summed E-state index contributed by atoms with van der Waals surface area (Å²) in [6, 6.07) is 4.42.